The Labute approximate surface area is 227 Å². The first-order chi connectivity index (χ1) is 18.0. The minimum absolute atomic E-state index is 0.122. The summed E-state index contributed by atoms with van der Waals surface area (Å²) in [7, 11) is 0. The average molecular weight is 505 g/mol. The van der Waals surface area contributed by atoms with Crippen LogP contribution >= 0.6 is 0 Å². The fourth-order valence-corrected chi connectivity index (χ4v) is 5.91. The van der Waals surface area contributed by atoms with Crippen molar-refractivity contribution in [2.24, 2.45) is 11.8 Å². The normalized spacial score (nSPS) is 23.6. The van der Waals surface area contributed by atoms with Gasteiger partial charge >= 0.3 is 6.03 Å². The summed E-state index contributed by atoms with van der Waals surface area (Å²) >= 11 is 0. The van der Waals surface area contributed by atoms with Crippen molar-refractivity contribution in [2.45, 2.75) is 92.4 Å². The molecule has 37 heavy (non-hydrogen) atoms. The van der Waals surface area contributed by atoms with E-state index in [9.17, 15) is 4.79 Å². The third-order valence-corrected chi connectivity index (χ3v) is 8.14. The molecule has 2 aromatic rings. The van der Waals surface area contributed by atoms with Gasteiger partial charge in [-0.3, -0.25) is 0 Å². The standard InChI is InChI=1S/C30H40N2O.2C2H6/c1-4-27(28-15-9-8-11-23(28)2)25-12-10-20-32(22-25)29(33)31-21-24-16-18-30(3,19-17-24)26-13-6-5-7-14-26;2*1-2/h4-9,11,13-15,24-25H,10,12,16-22H2,1-3H3,(H,31,33);2*1-2H3/b27-4-;;. The summed E-state index contributed by atoms with van der Waals surface area (Å²) in [6, 6.07) is 19.7. The zero-order valence-corrected chi connectivity index (χ0v) is 24.6. The lowest BCUT2D eigenvalue weighted by atomic mass is 9.68. The number of allylic oxidation sites excluding steroid dienone is 1. The molecule has 2 fully saturated rings. The van der Waals surface area contributed by atoms with Crippen LogP contribution in [0.25, 0.3) is 5.57 Å². The van der Waals surface area contributed by atoms with Gasteiger partial charge in [-0.05, 0) is 86.0 Å². The number of aryl methyl sites for hydroxylation is 1. The van der Waals surface area contributed by atoms with Gasteiger partial charge < -0.3 is 10.2 Å². The molecule has 1 saturated heterocycles. The van der Waals surface area contributed by atoms with E-state index in [2.05, 4.69) is 86.8 Å². The van der Waals surface area contributed by atoms with E-state index in [0.717, 1.165) is 32.5 Å². The molecule has 0 spiro atoms. The number of carbonyl (C=O) groups is 1. The number of hydrogen-bond acceptors (Lipinski definition) is 1. The van der Waals surface area contributed by atoms with Crippen LogP contribution in [0.2, 0.25) is 0 Å². The zero-order chi connectivity index (χ0) is 27.3. The minimum atomic E-state index is 0.122. The summed E-state index contributed by atoms with van der Waals surface area (Å²) in [6.07, 6.45) is 9.24. The smallest absolute Gasteiger partial charge is 0.317 e. The maximum absolute atomic E-state index is 13.0. The van der Waals surface area contributed by atoms with Gasteiger partial charge in [0.25, 0.3) is 0 Å². The third-order valence-electron chi connectivity index (χ3n) is 8.14. The SMILES string of the molecule is C/C=C(\c1ccccc1C)C1CCCN(C(=O)NCC2CCC(C)(c3ccccc3)CC2)C1.CC.CC. The fourth-order valence-electron chi connectivity index (χ4n) is 5.91. The number of hydrogen-bond donors (Lipinski definition) is 1. The first-order valence-electron chi connectivity index (χ1n) is 14.8. The second-order valence-corrected chi connectivity index (χ2v) is 10.4. The number of likely N-dealkylation sites (tertiary alicyclic amines) is 1. The van der Waals surface area contributed by atoms with Crippen molar-refractivity contribution < 1.29 is 4.79 Å². The molecule has 0 bridgehead atoms. The van der Waals surface area contributed by atoms with E-state index >= 15 is 0 Å². The number of benzene rings is 2. The van der Waals surface area contributed by atoms with Crippen LogP contribution in [0.1, 0.15) is 96.8 Å². The molecule has 1 unspecified atom stereocenters. The van der Waals surface area contributed by atoms with Gasteiger partial charge in [0.1, 0.15) is 0 Å². The molecule has 1 aliphatic heterocycles. The average Bonchev–Trinajstić information content (AvgIpc) is 2.97. The summed E-state index contributed by atoms with van der Waals surface area (Å²) in [5.41, 5.74) is 5.77. The van der Waals surface area contributed by atoms with Crippen LogP contribution in [0.5, 0.6) is 0 Å². The van der Waals surface area contributed by atoms with E-state index in [0.29, 0.717) is 11.8 Å². The van der Waals surface area contributed by atoms with E-state index in [1.807, 2.05) is 32.6 Å². The highest BCUT2D eigenvalue weighted by Crippen LogP contribution is 2.41. The van der Waals surface area contributed by atoms with Crippen molar-refractivity contribution in [1.82, 2.24) is 10.2 Å². The molecule has 204 valence electrons. The molecule has 1 N–H and O–H groups in total. The van der Waals surface area contributed by atoms with E-state index in [-0.39, 0.29) is 11.4 Å². The Hall–Kier alpha value is -2.55. The molecule has 2 aliphatic rings. The topological polar surface area (TPSA) is 32.3 Å². The van der Waals surface area contributed by atoms with Gasteiger partial charge in [-0.1, -0.05) is 95.3 Å². The molecular formula is C34H52N2O. The summed E-state index contributed by atoms with van der Waals surface area (Å²) in [6.45, 7) is 17.2. The monoisotopic (exact) mass is 504 g/mol. The van der Waals surface area contributed by atoms with Gasteiger partial charge in [0.2, 0.25) is 0 Å². The van der Waals surface area contributed by atoms with Gasteiger partial charge in [0.15, 0.2) is 0 Å². The summed E-state index contributed by atoms with van der Waals surface area (Å²) < 4.78 is 0. The lowest BCUT2D eigenvalue weighted by Gasteiger charge is -2.38. The van der Waals surface area contributed by atoms with Crippen molar-refractivity contribution in [3.8, 4) is 0 Å². The number of rotatable bonds is 5. The van der Waals surface area contributed by atoms with Crippen LogP contribution in [0.15, 0.2) is 60.7 Å². The predicted molar refractivity (Wildman–Crippen MR) is 161 cm³/mol. The number of nitrogens with zero attached hydrogens (tertiary/aromatic N) is 1. The van der Waals surface area contributed by atoms with Gasteiger partial charge in [-0.25, -0.2) is 4.79 Å². The van der Waals surface area contributed by atoms with Crippen LogP contribution in [0.3, 0.4) is 0 Å². The van der Waals surface area contributed by atoms with Crippen LogP contribution in [0, 0.1) is 18.8 Å². The number of nitrogens with one attached hydrogen (secondary N) is 1. The molecule has 3 nitrogen and oxygen atoms in total. The van der Waals surface area contributed by atoms with Crippen molar-refractivity contribution in [1.29, 1.82) is 0 Å². The second-order valence-electron chi connectivity index (χ2n) is 10.4. The highest BCUT2D eigenvalue weighted by molar-refractivity contribution is 5.75. The third kappa shape index (κ3) is 8.22. The molecule has 3 heteroatoms. The zero-order valence-electron chi connectivity index (χ0n) is 24.6. The van der Waals surface area contributed by atoms with E-state index in [4.69, 9.17) is 0 Å². The van der Waals surface area contributed by atoms with Crippen molar-refractivity contribution in [3.63, 3.8) is 0 Å². The molecular weight excluding hydrogens is 452 g/mol. The maximum atomic E-state index is 13.0. The molecule has 0 aromatic heterocycles. The Morgan fingerprint density at radius 2 is 1.59 bits per heavy atom. The molecule has 2 aromatic carbocycles. The van der Waals surface area contributed by atoms with Gasteiger partial charge in [-0.2, -0.15) is 0 Å². The Morgan fingerprint density at radius 1 is 0.973 bits per heavy atom. The number of carbonyl (C=O) groups excluding carboxylic acids is 1. The summed E-state index contributed by atoms with van der Waals surface area (Å²) in [5, 5.41) is 3.29. The molecule has 4 rings (SSSR count). The molecule has 1 atom stereocenters. The highest BCUT2D eigenvalue weighted by Gasteiger charge is 2.33. The van der Waals surface area contributed by atoms with E-state index < -0.39 is 0 Å². The highest BCUT2D eigenvalue weighted by atomic mass is 16.2. The lowest BCUT2D eigenvalue weighted by molar-refractivity contribution is 0.171. The quantitative estimate of drug-likeness (QED) is 0.433. The Morgan fingerprint density at radius 3 is 2.22 bits per heavy atom. The Balaban J connectivity index is 0.00000115. The van der Waals surface area contributed by atoms with Crippen molar-refractivity contribution in [2.75, 3.05) is 19.6 Å². The lowest BCUT2D eigenvalue weighted by Crippen LogP contribution is -2.47. The number of piperidine rings is 1. The van der Waals surface area contributed by atoms with Gasteiger partial charge in [-0.15, -0.1) is 0 Å². The maximum Gasteiger partial charge on any atom is 0.317 e. The van der Waals surface area contributed by atoms with Crippen molar-refractivity contribution in [3.05, 3.63) is 77.4 Å². The first kappa shape index (κ1) is 30.7. The fraction of sp³-hybridized carbons (Fsp3) is 0.559. The minimum Gasteiger partial charge on any atom is -0.338 e. The Bertz CT molecular complexity index is 957. The number of amides is 2. The van der Waals surface area contributed by atoms with Crippen molar-refractivity contribution >= 4 is 11.6 Å². The van der Waals surface area contributed by atoms with Gasteiger partial charge in [0, 0.05) is 25.6 Å². The summed E-state index contributed by atoms with van der Waals surface area (Å²) in [5.74, 6) is 1.00. The largest absolute Gasteiger partial charge is 0.338 e. The number of urea groups is 1. The first-order valence-corrected chi connectivity index (χ1v) is 14.8. The van der Waals surface area contributed by atoms with Crippen LogP contribution in [0.4, 0.5) is 4.79 Å². The molecule has 2 amide bonds. The Kier molecular flexibility index (Phi) is 13.0. The molecule has 0 radical (unpaired) electrons. The molecule has 1 saturated carbocycles. The van der Waals surface area contributed by atoms with Crippen LogP contribution in [-0.2, 0) is 5.41 Å². The second kappa shape index (κ2) is 15.6. The van der Waals surface area contributed by atoms with Crippen LogP contribution in [-0.4, -0.2) is 30.6 Å². The van der Waals surface area contributed by atoms with Gasteiger partial charge in [0.05, 0.1) is 0 Å². The predicted octanol–water partition coefficient (Wildman–Crippen LogP) is 9.02. The van der Waals surface area contributed by atoms with Crippen LogP contribution < -0.4 is 5.32 Å². The van der Waals surface area contributed by atoms with E-state index in [1.165, 1.54) is 47.9 Å². The molecule has 1 heterocycles. The van der Waals surface area contributed by atoms with E-state index in [1.54, 1.807) is 0 Å². The summed E-state index contributed by atoms with van der Waals surface area (Å²) in [4.78, 5) is 15.1. The molecule has 1 aliphatic carbocycles.